The summed E-state index contributed by atoms with van der Waals surface area (Å²) < 4.78 is 0. The number of rotatable bonds is 4. The average Bonchev–Trinajstić information content (AvgIpc) is 2.37. The second-order valence-electron chi connectivity index (χ2n) is 4.90. The highest BCUT2D eigenvalue weighted by atomic mass is 16.2. The highest BCUT2D eigenvalue weighted by Crippen LogP contribution is 2.09. The second-order valence-corrected chi connectivity index (χ2v) is 4.90. The smallest absolute Gasteiger partial charge is 0.243 e. The van der Waals surface area contributed by atoms with Gasteiger partial charge in [-0.25, -0.2) is 0 Å². The van der Waals surface area contributed by atoms with E-state index < -0.39 is 0 Å². The SMILES string of the molecule is CCC1C(=O)NC(=O)CN1CCN1CCNCC1. The first-order valence-electron chi connectivity index (χ1n) is 6.71. The van der Waals surface area contributed by atoms with Crippen LogP contribution >= 0.6 is 0 Å². The molecule has 0 bridgehead atoms. The average molecular weight is 254 g/mol. The van der Waals surface area contributed by atoms with Gasteiger partial charge in [0.05, 0.1) is 12.6 Å². The van der Waals surface area contributed by atoms with Crippen molar-refractivity contribution in [2.24, 2.45) is 0 Å². The molecular formula is C12H22N4O2. The lowest BCUT2D eigenvalue weighted by molar-refractivity contribution is -0.140. The maximum atomic E-state index is 11.7. The third kappa shape index (κ3) is 3.28. The minimum absolute atomic E-state index is 0.144. The van der Waals surface area contributed by atoms with E-state index in [-0.39, 0.29) is 17.9 Å². The Bertz CT molecular complexity index is 315. The Labute approximate surface area is 108 Å². The van der Waals surface area contributed by atoms with Crippen molar-refractivity contribution in [2.75, 3.05) is 45.8 Å². The van der Waals surface area contributed by atoms with Gasteiger partial charge in [0.15, 0.2) is 0 Å². The van der Waals surface area contributed by atoms with Gasteiger partial charge in [-0.3, -0.25) is 24.7 Å². The normalized spacial score (nSPS) is 27.3. The van der Waals surface area contributed by atoms with E-state index in [2.05, 4.69) is 15.5 Å². The molecule has 2 amide bonds. The van der Waals surface area contributed by atoms with Crippen molar-refractivity contribution >= 4 is 11.8 Å². The molecule has 2 heterocycles. The van der Waals surface area contributed by atoms with E-state index in [0.717, 1.165) is 45.7 Å². The summed E-state index contributed by atoms with van der Waals surface area (Å²) in [4.78, 5) is 27.5. The number of nitrogens with one attached hydrogen (secondary N) is 2. The topological polar surface area (TPSA) is 64.7 Å². The molecule has 1 atom stereocenters. The van der Waals surface area contributed by atoms with Crippen LogP contribution in [-0.4, -0.2) is 73.5 Å². The van der Waals surface area contributed by atoms with E-state index >= 15 is 0 Å². The zero-order valence-corrected chi connectivity index (χ0v) is 10.9. The first-order chi connectivity index (χ1) is 8.70. The molecule has 2 aliphatic heterocycles. The predicted octanol–water partition coefficient (Wildman–Crippen LogP) is -1.37. The zero-order chi connectivity index (χ0) is 13.0. The van der Waals surface area contributed by atoms with Crippen molar-refractivity contribution in [1.29, 1.82) is 0 Å². The molecule has 2 N–H and O–H groups in total. The molecule has 1 unspecified atom stereocenters. The van der Waals surface area contributed by atoms with Crippen LogP contribution in [-0.2, 0) is 9.59 Å². The number of hydrogen-bond acceptors (Lipinski definition) is 5. The zero-order valence-electron chi connectivity index (χ0n) is 10.9. The van der Waals surface area contributed by atoms with Crippen LogP contribution < -0.4 is 10.6 Å². The number of nitrogens with zero attached hydrogens (tertiary/aromatic N) is 2. The standard InChI is InChI=1S/C12H22N4O2/c1-2-10-12(18)14-11(17)9-16(10)8-7-15-5-3-13-4-6-15/h10,13H,2-9H2,1H3,(H,14,17,18). The number of amides is 2. The summed E-state index contributed by atoms with van der Waals surface area (Å²) in [6, 6.07) is -0.148. The Morgan fingerprint density at radius 3 is 2.61 bits per heavy atom. The lowest BCUT2D eigenvalue weighted by Crippen LogP contribution is -2.59. The molecule has 0 aromatic carbocycles. The molecule has 2 fully saturated rings. The number of imide groups is 1. The Hall–Kier alpha value is -0.980. The van der Waals surface area contributed by atoms with Crippen molar-refractivity contribution in [3.8, 4) is 0 Å². The summed E-state index contributed by atoms with van der Waals surface area (Å²) in [5, 5.41) is 5.72. The lowest BCUT2D eigenvalue weighted by atomic mass is 10.1. The quantitative estimate of drug-likeness (QED) is 0.606. The Morgan fingerprint density at radius 1 is 1.22 bits per heavy atom. The number of carbonyl (C=O) groups is 2. The molecule has 6 nitrogen and oxygen atoms in total. The fourth-order valence-electron chi connectivity index (χ4n) is 2.60. The van der Waals surface area contributed by atoms with E-state index in [9.17, 15) is 9.59 Å². The summed E-state index contributed by atoms with van der Waals surface area (Å²) >= 11 is 0. The molecular weight excluding hydrogens is 232 g/mol. The van der Waals surface area contributed by atoms with E-state index in [1.54, 1.807) is 0 Å². The molecule has 0 aromatic heterocycles. The van der Waals surface area contributed by atoms with Gasteiger partial charge in [-0.1, -0.05) is 6.92 Å². The van der Waals surface area contributed by atoms with Crippen LogP contribution in [0.4, 0.5) is 0 Å². The largest absolute Gasteiger partial charge is 0.314 e. The third-order valence-corrected chi connectivity index (χ3v) is 3.65. The van der Waals surface area contributed by atoms with Crippen molar-refractivity contribution < 1.29 is 9.59 Å². The minimum atomic E-state index is -0.176. The Kier molecular flexibility index (Phi) is 4.68. The number of hydrogen-bond donors (Lipinski definition) is 2. The monoisotopic (exact) mass is 254 g/mol. The summed E-state index contributed by atoms with van der Waals surface area (Å²) in [5.74, 6) is -0.320. The van der Waals surface area contributed by atoms with Crippen molar-refractivity contribution in [3.05, 3.63) is 0 Å². The van der Waals surface area contributed by atoms with Gasteiger partial charge < -0.3 is 5.32 Å². The summed E-state index contributed by atoms with van der Waals surface area (Å²) in [7, 11) is 0. The van der Waals surface area contributed by atoms with E-state index in [1.165, 1.54) is 0 Å². The maximum Gasteiger partial charge on any atom is 0.243 e. The van der Waals surface area contributed by atoms with Crippen LogP contribution in [0.25, 0.3) is 0 Å². The summed E-state index contributed by atoms with van der Waals surface area (Å²) in [6.45, 7) is 8.19. The number of piperazine rings is 2. The Balaban J connectivity index is 1.85. The van der Waals surface area contributed by atoms with Gasteiger partial charge in [-0.15, -0.1) is 0 Å². The van der Waals surface area contributed by atoms with E-state index in [4.69, 9.17) is 0 Å². The minimum Gasteiger partial charge on any atom is -0.314 e. The first kappa shape index (κ1) is 13.5. The molecule has 0 saturated carbocycles. The van der Waals surface area contributed by atoms with Crippen LogP contribution in [0.5, 0.6) is 0 Å². The summed E-state index contributed by atoms with van der Waals surface area (Å²) in [5.41, 5.74) is 0. The number of carbonyl (C=O) groups excluding carboxylic acids is 2. The van der Waals surface area contributed by atoms with Gasteiger partial charge in [0.1, 0.15) is 0 Å². The third-order valence-electron chi connectivity index (χ3n) is 3.65. The van der Waals surface area contributed by atoms with E-state index in [1.807, 2.05) is 11.8 Å². The first-order valence-corrected chi connectivity index (χ1v) is 6.71. The fraction of sp³-hybridized carbons (Fsp3) is 0.833. The molecule has 0 spiro atoms. The molecule has 6 heteroatoms. The van der Waals surface area contributed by atoms with Gasteiger partial charge in [0.25, 0.3) is 0 Å². The van der Waals surface area contributed by atoms with Crippen molar-refractivity contribution in [1.82, 2.24) is 20.4 Å². The Morgan fingerprint density at radius 2 is 1.94 bits per heavy atom. The molecule has 2 rings (SSSR count). The van der Waals surface area contributed by atoms with Gasteiger partial charge in [-0.05, 0) is 6.42 Å². The van der Waals surface area contributed by atoms with Gasteiger partial charge in [-0.2, -0.15) is 0 Å². The van der Waals surface area contributed by atoms with Crippen LogP contribution in [0.15, 0.2) is 0 Å². The molecule has 2 aliphatic rings. The van der Waals surface area contributed by atoms with Crippen LogP contribution in [0.3, 0.4) is 0 Å². The van der Waals surface area contributed by atoms with Crippen LogP contribution in [0, 0.1) is 0 Å². The van der Waals surface area contributed by atoms with Gasteiger partial charge in [0, 0.05) is 39.3 Å². The molecule has 18 heavy (non-hydrogen) atoms. The molecule has 0 aromatic rings. The summed E-state index contributed by atoms with van der Waals surface area (Å²) in [6.07, 6.45) is 0.751. The highest BCUT2D eigenvalue weighted by molar-refractivity contribution is 6.01. The second kappa shape index (κ2) is 6.26. The fourth-order valence-corrected chi connectivity index (χ4v) is 2.60. The van der Waals surface area contributed by atoms with Crippen LogP contribution in [0.2, 0.25) is 0 Å². The molecule has 0 radical (unpaired) electrons. The highest BCUT2D eigenvalue weighted by Gasteiger charge is 2.32. The predicted molar refractivity (Wildman–Crippen MR) is 68.1 cm³/mol. The van der Waals surface area contributed by atoms with Crippen molar-refractivity contribution in [2.45, 2.75) is 19.4 Å². The van der Waals surface area contributed by atoms with Gasteiger partial charge >= 0.3 is 0 Å². The lowest BCUT2D eigenvalue weighted by Gasteiger charge is -2.35. The molecule has 2 saturated heterocycles. The molecule has 102 valence electrons. The van der Waals surface area contributed by atoms with Crippen molar-refractivity contribution in [3.63, 3.8) is 0 Å². The molecule has 0 aliphatic carbocycles. The maximum absolute atomic E-state index is 11.7. The van der Waals surface area contributed by atoms with Gasteiger partial charge in [0.2, 0.25) is 11.8 Å². The van der Waals surface area contributed by atoms with Crippen LogP contribution in [0.1, 0.15) is 13.3 Å². The van der Waals surface area contributed by atoms with E-state index in [0.29, 0.717) is 6.54 Å².